The smallest absolute Gasteiger partial charge is 0.269 e. The summed E-state index contributed by atoms with van der Waals surface area (Å²) in [6, 6.07) is 14.5. The monoisotopic (exact) mass is 537 g/mol. The van der Waals surface area contributed by atoms with Crippen LogP contribution in [0.1, 0.15) is 40.8 Å². The second-order valence-corrected chi connectivity index (χ2v) is 9.03. The maximum Gasteiger partial charge on any atom is 0.269 e. The molecule has 0 unspecified atom stereocenters. The molecular weight excluding hydrogens is 506 g/mol. The summed E-state index contributed by atoms with van der Waals surface area (Å²) in [6.07, 6.45) is 0.527. The third kappa shape index (κ3) is 7.35. The molecular formula is C28H31N3O8. The molecule has 39 heavy (non-hydrogen) atoms. The Balaban J connectivity index is 1.54. The van der Waals surface area contributed by atoms with Gasteiger partial charge in [-0.15, -0.1) is 0 Å². The third-order valence-corrected chi connectivity index (χ3v) is 6.17. The van der Waals surface area contributed by atoms with Gasteiger partial charge in [0.05, 0.1) is 11.5 Å². The largest absolute Gasteiger partial charge is 0.464 e. The van der Waals surface area contributed by atoms with Gasteiger partial charge in [0.2, 0.25) is 12.7 Å². The Morgan fingerprint density at radius 2 is 1.77 bits per heavy atom. The van der Waals surface area contributed by atoms with Gasteiger partial charge in [-0.1, -0.05) is 6.07 Å². The zero-order valence-corrected chi connectivity index (χ0v) is 22.0. The van der Waals surface area contributed by atoms with Crippen LogP contribution in [0.3, 0.4) is 0 Å². The Morgan fingerprint density at radius 3 is 2.46 bits per heavy atom. The average molecular weight is 538 g/mol. The first kappa shape index (κ1) is 27.6. The van der Waals surface area contributed by atoms with Crippen LogP contribution >= 0.6 is 0 Å². The molecule has 0 N–H and O–H groups in total. The molecule has 11 nitrogen and oxygen atoms in total. The molecule has 3 aromatic rings. The first-order chi connectivity index (χ1) is 18.8. The quantitative estimate of drug-likeness (QED) is 0.179. The highest BCUT2D eigenvalue weighted by molar-refractivity contribution is 5.96. The molecule has 11 heteroatoms. The van der Waals surface area contributed by atoms with Gasteiger partial charge in [0.25, 0.3) is 11.6 Å². The van der Waals surface area contributed by atoms with Crippen molar-refractivity contribution >= 4 is 17.5 Å². The van der Waals surface area contributed by atoms with Crippen LogP contribution in [0.25, 0.3) is 0 Å². The molecule has 2 aromatic carbocycles. The number of ether oxygens (including phenoxy) is 3. The third-order valence-electron chi connectivity index (χ3n) is 6.17. The molecule has 2 amide bonds. The minimum atomic E-state index is -0.526. The van der Waals surface area contributed by atoms with E-state index in [0.717, 1.165) is 11.3 Å². The number of carbonyl (C=O) groups is 2. The molecule has 2 heterocycles. The Labute approximate surface area is 226 Å². The van der Waals surface area contributed by atoms with Crippen molar-refractivity contribution in [3.63, 3.8) is 0 Å². The van der Waals surface area contributed by atoms with E-state index < -0.39 is 10.8 Å². The fourth-order valence-corrected chi connectivity index (χ4v) is 4.18. The van der Waals surface area contributed by atoms with E-state index in [0.29, 0.717) is 36.9 Å². The highest BCUT2D eigenvalue weighted by atomic mass is 16.7. The van der Waals surface area contributed by atoms with Crippen LogP contribution in [-0.4, -0.2) is 59.6 Å². The van der Waals surface area contributed by atoms with E-state index in [9.17, 15) is 19.7 Å². The predicted octanol–water partition coefficient (Wildman–Crippen LogP) is 4.32. The first-order valence-corrected chi connectivity index (χ1v) is 12.7. The molecule has 1 aromatic heterocycles. The lowest BCUT2D eigenvalue weighted by Crippen LogP contribution is -2.43. The number of nitro benzene ring substituents is 1. The molecule has 0 bridgehead atoms. The van der Waals surface area contributed by atoms with E-state index in [1.165, 1.54) is 29.2 Å². The van der Waals surface area contributed by atoms with Crippen LogP contribution in [0.4, 0.5) is 5.69 Å². The Hall–Kier alpha value is -4.38. The molecule has 0 fully saturated rings. The van der Waals surface area contributed by atoms with E-state index in [1.54, 1.807) is 11.0 Å². The summed E-state index contributed by atoms with van der Waals surface area (Å²) in [7, 11) is 0. The Bertz CT molecular complexity index is 1300. The molecule has 4 rings (SSSR count). The van der Waals surface area contributed by atoms with Gasteiger partial charge in [0.15, 0.2) is 11.5 Å². The molecule has 0 saturated heterocycles. The van der Waals surface area contributed by atoms with Crippen molar-refractivity contribution in [1.29, 1.82) is 0 Å². The fraction of sp³-hybridized carbons (Fsp3) is 0.357. The number of rotatable bonds is 13. The summed E-state index contributed by atoms with van der Waals surface area (Å²) < 4.78 is 22.0. The van der Waals surface area contributed by atoms with Crippen molar-refractivity contribution < 1.29 is 33.1 Å². The minimum Gasteiger partial charge on any atom is -0.464 e. The topological polar surface area (TPSA) is 125 Å². The highest BCUT2D eigenvalue weighted by Crippen LogP contribution is 2.33. The number of carbonyl (C=O) groups excluding carboxylic acids is 2. The summed E-state index contributed by atoms with van der Waals surface area (Å²) in [5.41, 5.74) is 0.975. The van der Waals surface area contributed by atoms with Crippen LogP contribution in [0.2, 0.25) is 0 Å². The van der Waals surface area contributed by atoms with Gasteiger partial charge >= 0.3 is 0 Å². The average Bonchev–Trinajstić information content (AvgIpc) is 3.57. The predicted molar refractivity (Wildman–Crippen MR) is 140 cm³/mol. The zero-order chi connectivity index (χ0) is 27.8. The van der Waals surface area contributed by atoms with Gasteiger partial charge in [0, 0.05) is 44.0 Å². The number of nitro groups is 1. The number of amides is 2. The van der Waals surface area contributed by atoms with Gasteiger partial charge in [-0.25, -0.2) is 0 Å². The van der Waals surface area contributed by atoms with Gasteiger partial charge in [-0.05, 0) is 62.2 Å². The maximum absolute atomic E-state index is 13.7. The number of benzene rings is 2. The lowest BCUT2D eigenvalue weighted by atomic mass is 10.1. The van der Waals surface area contributed by atoms with Crippen LogP contribution in [0.5, 0.6) is 11.5 Å². The molecule has 206 valence electrons. The van der Waals surface area contributed by atoms with Crippen molar-refractivity contribution in [3.05, 3.63) is 87.4 Å². The number of hydrogen-bond donors (Lipinski definition) is 0. The van der Waals surface area contributed by atoms with Gasteiger partial charge < -0.3 is 28.4 Å². The van der Waals surface area contributed by atoms with Crippen molar-refractivity contribution in [2.45, 2.75) is 33.4 Å². The van der Waals surface area contributed by atoms with Crippen LogP contribution in [0.15, 0.2) is 59.0 Å². The Kier molecular flexibility index (Phi) is 9.16. The van der Waals surface area contributed by atoms with Gasteiger partial charge in [-0.2, -0.15) is 0 Å². The normalized spacial score (nSPS) is 11.8. The number of furan rings is 1. The van der Waals surface area contributed by atoms with Crippen molar-refractivity contribution in [2.24, 2.45) is 0 Å². The number of nitrogens with zero attached hydrogens (tertiary/aromatic N) is 3. The molecule has 0 atom stereocenters. The summed E-state index contributed by atoms with van der Waals surface area (Å²) in [5, 5.41) is 11.0. The zero-order valence-electron chi connectivity index (χ0n) is 22.0. The molecule has 0 radical (unpaired) electrons. The van der Waals surface area contributed by atoms with Gasteiger partial charge in [-0.3, -0.25) is 19.7 Å². The van der Waals surface area contributed by atoms with Crippen LogP contribution in [0, 0.1) is 17.0 Å². The maximum atomic E-state index is 13.7. The SMILES string of the molecule is CCOCCCN(CC(=O)N(Cc1ccc2c(c1)OCO2)Cc1ccc(C)o1)C(=O)c1ccc([N+](=O)[O-])cc1. The summed E-state index contributed by atoms with van der Waals surface area (Å²) in [5.74, 6) is 1.92. The number of fused-ring (bicyclic) bond motifs is 1. The number of aryl methyl sites for hydroxylation is 1. The van der Waals surface area contributed by atoms with E-state index in [4.69, 9.17) is 18.6 Å². The van der Waals surface area contributed by atoms with Gasteiger partial charge in [0.1, 0.15) is 18.1 Å². The number of hydrogen-bond acceptors (Lipinski definition) is 8. The highest BCUT2D eigenvalue weighted by Gasteiger charge is 2.25. The minimum absolute atomic E-state index is 0.117. The molecule has 0 saturated carbocycles. The summed E-state index contributed by atoms with van der Waals surface area (Å²) in [4.78, 5) is 40.6. The summed E-state index contributed by atoms with van der Waals surface area (Å²) >= 11 is 0. The number of non-ortho nitro benzene ring substituents is 1. The van der Waals surface area contributed by atoms with E-state index >= 15 is 0 Å². The second-order valence-electron chi connectivity index (χ2n) is 9.03. The van der Waals surface area contributed by atoms with Crippen LogP contribution in [-0.2, 0) is 22.6 Å². The van der Waals surface area contributed by atoms with Crippen molar-refractivity contribution in [2.75, 3.05) is 33.1 Å². The first-order valence-electron chi connectivity index (χ1n) is 12.7. The lowest BCUT2D eigenvalue weighted by molar-refractivity contribution is -0.384. The lowest BCUT2D eigenvalue weighted by Gasteiger charge is -2.27. The Morgan fingerprint density at radius 1 is 1.00 bits per heavy atom. The van der Waals surface area contributed by atoms with Crippen molar-refractivity contribution in [1.82, 2.24) is 9.80 Å². The summed E-state index contributed by atoms with van der Waals surface area (Å²) in [6.45, 7) is 5.39. The molecule has 0 aliphatic carbocycles. The van der Waals surface area contributed by atoms with Crippen LogP contribution < -0.4 is 9.47 Å². The van der Waals surface area contributed by atoms with E-state index in [-0.39, 0.29) is 50.1 Å². The second kappa shape index (κ2) is 12.9. The van der Waals surface area contributed by atoms with E-state index in [2.05, 4.69) is 0 Å². The molecule has 1 aliphatic rings. The standard InChI is InChI=1S/C28H31N3O8/c1-3-36-14-4-13-29(28(33)22-7-9-23(10-8-22)31(34)35)18-27(32)30(17-24-11-5-20(2)39-24)16-21-6-12-25-26(15-21)38-19-37-25/h5-12,15H,3-4,13-14,16-19H2,1-2H3. The van der Waals surface area contributed by atoms with Crippen molar-refractivity contribution in [3.8, 4) is 11.5 Å². The molecule has 1 aliphatic heterocycles. The van der Waals surface area contributed by atoms with E-state index in [1.807, 2.05) is 38.1 Å². The fourth-order valence-electron chi connectivity index (χ4n) is 4.18. The molecule has 0 spiro atoms.